The molecule has 3 rings (SSSR count). The number of carbonyl (C=O) groups is 1. The van der Waals surface area contributed by atoms with Crippen molar-refractivity contribution in [3.63, 3.8) is 0 Å². The molecule has 168 valence electrons. The number of carbonyl (C=O) groups excluding carboxylic acids is 1. The number of hydrogen-bond acceptors (Lipinski definition) is 3. The van der Waals surface area contributed by atoms with Crippen molar-refractivity contribution in [2.45, 2.75) is 26.2 Å². The van der Waals surface area contributed by atoms with Gasteiger partial charge in [-0.15, -0.1) is 0 Å². The maximum absolute atomic E-state index is 12.3. The third-order valence-electron chi connectivity index (χ3n) is 6.22. The van der Waals surface area contributed by atoms with Crippen LogP contribution in [0.15, 0.2) is 60.7 Å². The number of piperazine rings is 1. The number of rotatable bonds is 10. The van der Waals surface area contributed by atoms with Gasteiger partial charge >= 0.3 is 6.03 Å². The second kappa shape index (κ2) is 12.5. The van der Waals surface area contributed by atoms with Crippen LogP contribution in [0.25, 0.3) is 0 Å². The number of nitrogens with one attached hydrogen (secondary N) is 2. The summed E-state index contributed by atoms with van der Waals surface area (Å²) >= 11 is 0. The van der Waals surface area contributed by atoms with Gasteiger partial charge in [0.2, 0.25) is 0 Å². The zero-order valence-corrected chi connectivity index (χ0v) is 19.1. The molecule has 0 saturated carbocycles. The van der Waals surface area contributed by atoms with Crippen molar-refractivity contribution in [3.8, 4) is 0 Å². The van der Waals surface area contributed by atoms with E-state index < -0.39 is 0 Å². The molecule has 0 bridgehead atoms. The van der Waals surface area contributed by atoms with Crippen LogP contribution in [0, 0.1) is 5.92 Å². The van der Waals surface area contributed by atoms with Crippen LogP contribution in [-0.2, 0) is 0 Å². The van der Waals surface area contributed by atoms with Crippen LogP contribution in [0.3, 0.4) is 0 Å². The summed E-state index contributed by atoms with van der Waals surface area (Å²) in [5.74, 6) is 0.726. The average Bonchev–Trinajstić information content (AvgIpc) is 2.82. The summed E-state index contributed by atoms with van der Waals surface area (Å²) in [7, 11) is 0. The molecule has 0 aliphatic carbocycles. The van der Waals surface area contributed by atoms with E-state index in [0.29, 0.717) is 19.0 Å². The molecule has 1 saturated heterocycles. The standard InChI is InChI=1S/C26H38N4O/c1-3-29-16-18-30(19-17-29)21-22(2)20-28-26(31)27-15-14-25(23-10-6-4-7-11-23)24-12-8-5-9-13-24/h4-13,22,25H,3,14-21H2,1-2H3,(H2,27,28,31). The van der Waals surface area contributed by atoms with E-state index >= 15 is 0 Å². The van der Waals surface area contributed by atoms with Crippen LogP contribution in [0.1, 0.15) is 37.3 Å². The van der Waals surface area contributed by atoms with Gasteiger partial charge in [0.25, 0.3) is 0 Å². The first-order chi connectivity index (χ1) is 15.2. The van der Waals surface area contributed by atoms with Crippen molar-refractivity contribution in [1.82, 2.24) is 20.4 Å². The van der Waals surface area contributed by atoms with Crippen LogP contribution in [0.5, 0.6) is 0 Å². The highest BCUT2D eigenvalue weighted by molar-refractivity contribution is 5.73. The number of nitrogens with zero attached hydrogens (tertiary/aromatic N) is 2. The van der Waals surface area contributed by atoms with E-state index in [2.05, 4.69) is 82.8 Å². The van der Waals surface area contributed by atoms with Crippen molar-refractivity contribution in [2.75, 3.05) is 52.4 Å². The van der Waals surface area contributed by atoms with Gasteiger partial charge in [-0.3, -0.25) is 0 Å². The average molecular weight is 423 g/mol. The molecular formula is C26H38N4O. The van der Waals surface area contributed by atoms with E-state index in [9.17, 15) is 4.79 Å². The lowest BCUT2D eigenvalue weighted by atomic mass is 9.88. The largest absolute Gasteiger partial charge is 0.338 e. The van der Waals surface area contributed by atoms with Crippen LogP contribution in [0.2, 0.25) is 0 Å². The highest BCUT2D eigenvalue weighted by Crippen LogP contribution is 2.27. The fourth-order valence-corrected chi connectivity index (χ4v) is 4.35. The minimum Gasteiger partial charge on any atom is -0.338 e. The fraction of sp³-hybridized carbons (Fsp3) is 0.500. The van der Waals surface area contributed by atoms with E-state index in [1.165, 1.54) is 11.1 Å². The Balaban J connectivity index is 1.39. The van der Waals surface area contributed by atoms with E-state index in [1.54, 1.807) is 0 Å². The van der Waals surface area contributed by atoms with Gasteiger partial charge in [0.1, 0.15) is 0 Å². The second-order valence-electron chi connectivity index (χ2n) is 8.64. The molecule has 0 radical (unpaired) electrons. The van der Waals surface area contributed by atoms with Gasteiger partial charge < -0.3 is 20.4 Å². The van der Waals surface area contributed by atoms with Crippen LogP contribution < -0.4 is 10.6 Å². The number of likely N-dealkylation sites (N-methyl/N-ethyl adjacent to an activating group) is 1. The smallest absolute Gasteiger partial charge is 0.314 e. The van der Waals surface area contributed by atoms with Gasteiger partial charge in [0.15, 0.2) is 0 Å². The Morgan fingerprint density at radius 1 is 0.871 bits per heavy atom. The number of urea groups is 1. The van der Waals surface area contributed by atoms with Crippen molar-refractivity contribution < 1.29 is 4.79 Å². The summed E-state index contributed by atoms with van der Waals surface area (Å²) in [4.78, 5) is 17.3. The number of benzene rings is 2. The highest BCUT2D eigenvalue weighted by Gasteiger charge is 2.18. The van der Waals surface area contributed by atoms with E-state index in [4.69, 9.17) is 0 Å². The zero-order chi connectivity index (χ0) is 21.9. The highest BCUT2D eigenvalue weighted by atomic mass is 16.2. The molecule has 1 aliphatic rings. The van der Waals surface area contributed by atoms with Crippen molar-refractivity contribution in [3.05, 3.63) is 71.8 Å². The van der Waals surface area contributed by atoms with Crippen molar-refractivity contribution in [2.24, 2.45) is 5.92 Å². The lowest BCUT2D eigenvalue weighted by Gasteiger charge is -2.35. The number of hydrogen-bond donors (Lipinski definition) is 2. The third kappa shape index (κ3) is 7.67. The Morgan fingerprint density at radius 2 is 1.42 bits per heavy atom. The van der Waals surface area contributed by atoms with Crippen molar-refractivity contribution in [1.29, 1.82) is 0 Å². The Kier molecular flexibility index (Phi) is 9.38. The lowest BCUT2D eigenvalue weighted by Crippen LogP contribution is -2.48. The first-order valence-corrected chi connectivity index (χ1v) is 11.7. The molecule has 1 unspecified atom stereocenters. The van der Waals surface area contributed by atoms with Crippen molar-refractivity contribution >= 4 is 6.03 Å². The van der Waals surface area contributed by atoms with Gasteiger partial charge in [-0.25, -0.2) is 4.79 Å². The zero-order valence-electron chi connectivity index (χ0n) is 19.1. The quantitative estimate of drug-likeness (QED) is 0.613. The summed E-state index contributed by atoms with van der Waals surface area (Å²) in [6.07, 6.45) is 0.874. The SMILES string of the molecule is CCN1CCN(CC(C)CNC(=O)NCCC(c2ccccc2)c2ccccc2)CC1. The predicted molar refractivity (Wildman–Crippen MR) is 128 cm³/mol. The Bertz CT molecular complexity index is 720. The number of amides is 2. The minimum absolute atomic E-state index is 0.0671. The minimum atomic E-state index is -0.0671. The van der Waals surface area contributed by atoms with E-state index in [1.807, 2.05) is 12.1 Å². The summed E-state index contributed by atoms with van der Waals surface area (Å²) < 4.78 is 0. The summed E-state index contributed by atoms with van der Waals surface area (Å²) in [5, 5.41) is 6.11. The van der Waals surface area contributed by atoms with Gasteiger partial charge in [0, 0.05) is 51.7 Å². The molecule has 2 N–H and O–H groups in total. The van der Waals surface area contributed by atoms with Crippen LogP contribution in [-0.4, -0.2) is 68.2 Å². The Hall–Kier alpha value is -2.37. The predicted octanol–water partition coefficient (Wildman–Crippen LogP) is 3.78. The van der Waals surface area contributed by atoms with E-state index in [-0.39, 0.29) is 11.9 Å². The topological polar surface area (TPSA) is 47.6 Å². The van der Waals surface area contributed by atoms with Gasteiger partial charge in [0.05, 0.1) is 0 Å². The molecule has 2 aromatic carbocycles. The Labute approximate surface area is 187 Å². The molecule has 2 aromatic rings. The molecule has 1 atom stereocenters. The van der Waals surface area contributed by atoms with Gasteiger partial charge in [-0.1, -0.05) is 74.5 Å². The van der Waals surface area contributed by atoms with Gasteiger partial charge in [-0.05, 0) is 30.0 Å². The molecule has 5 nitrogen and oxygen atoms in total. The normalized spacial score (nSPS) is 16.2. The van der Waals surface area contributed by atoms with Gasteiger partial charge in [-0.2, -0.15) is 0 Å². The molecule has 1 fully saturated rings. The fourth-order valence-electron chi connectivity index (χ4n) is 4.35. The molecule has 0 aromatic heterocycles. The first kappa shape index (κ1) is 23.3. The third-order valence-corrected chi connectivity index (χ3v) is 6.22. The summed E-state index contributed by atoms with van der Waals surface area (Å²) in [6.45, 7) is 12.5. The maximum Gasteiger partial charge on any atom is 0.314 e. The molecule has 2 amide bonds. The molecule has 1 heterocycles. The maximum atomic E-state index is 12.3. The molecule has 1 aliphatic heterocycles. The molecule has 0 spiro atoms. The lowest BCUT2D eigenvalue weighted by molar-refractivity contribution is 0.124. The molecule has 31 heavy (non-hydrogen) atoms. The molecule has 5 heteroatoms. The summed E-state index contributed by atoms with van der Waals surface area (Å²) in [6, 6.07) is 21.0. The van der Waals surface area contributed by atoms with Crippen LogP contribution in [0.4, 0.5) is 4.79 Å². The monoisotopic (exact) mass is 422 g/mol. The Morgan fingerprint density at radius 3 is 1.97 bits per heavy atom. The summed E-state index contributed by atoms with van der Waals surface area (Å²) in [5.41, 5.74) is 2.57. The molecular weight excluding hydrogens is 384 g/mol. The van der Waals surface area contributed by atoms with Crippen LogP contribution >= 0.6 is 0 Å². The first-order valence-electron chi connectivity index (χ1n) is 11.7. The second-order valence-corrected chi connectivity index (χ2v) is 8.64. The van der Waals surface area contributed by atoms with E-state index in [0.717, 1.165) is 45.7 Å².